The van der Waals surface area contributed by atoms with E-state index in [1.807, 2.05) is 97.2 Å². The molecule has 3 amide bonds. The maximum atomic E-state index is 13.5. The van der Waals surface area contributed by atoms with E-state index in [0.29, 0.717) is 16.4 Å². The summed E-state index contributed by atoms with van der Waals surface area (Å²) in [5, 5.41) is 10.4. The highest BCUT2D eigenvalue weighted by Crippen LogP contribution is 2.37. The van der Waals surface area contributed by atoms with Crippen molar-refractivity contribution < 1.29 is 14.4 Å². The Labute approximate surface area is 270 Å². The molecule has 10 heteroatoms. The lowest BCUT2D eigenvalue weighted by molar-refractivity contribution is -0.116. The normalized spacial score (nSPS) is 11.7. The number of amides is 3. The maximum Gasteiger partial charge on any atom is 0.272 e. The second-order valence-corrected chi connectivity index (χ2v) is 12.2. The number of thiazole rings is 1. The highest BCUT2D eigenvalue weighted by atomic mass is 32.2. The summed E-state index contributed by atoms with van der Waals surface area (Å²) in [5.41, 5.74) is 3.70. The van der Waals surface area contributed by atoms with Crippen molar-refractivity contribution in [2.24, 2.45) is 0 Å². The summed E-state index contributed by atoms with van der Waals surface area (Å²) in [6.45, 7) is 0. The molecule has 0 saturated carbocycles. The second kappa shape index (κ2) is 15.0. The number of anilines is 3. The smallest absolute Gasteiger partial charge is 0.272 e. The summed E-state index contributed by atoms with van der Waals surface area (Å²) in [4.78, 5) is 46.7. The fraction of sp³-hybridized carbons (Fsp3) is 0.0857. The van der Waals surface area contributed by atoms with Gasteiger partial charge in [0.05, 0.1) is 0 Å². The molecule has 45 heavy (non-hydrogen) atoms. The van der Waals surface area contributed by atoms with Crippen molar-refractivity contribution in [3.63, 3.8) is 0 Å². The summed E-state index contributed by atoms with van der Waals surface area (Å²) >= 11 is 2.76. The predicted molar refractivity (Wildman–Crippen MR) is 184 cm³/mol. The van der Waals surface area contributed by atoms with Crippen molar-refractivity contribution in [3.8, 4) is 0 Å². The lowest BCUT2D eigenvalue weighted by Gasteiger charge is -2.17. The van der Waals surface area contributed by atoms with Crippen LogP contribution in [0.5, 0.6) is 0 Å². The zero-order valence-electron chi connectivity index (χ0n) is 24.6. The van der Waals surface area contributed by atoms with E-state index in [1.165, 1.54) is 23.1 Å². The van der Waals surface area contributed by atoms with E-state index in [-0.39, 0.29) is 11.6 Å². The van der Waals surface area contributed by atoms with Crippen LogP contribution in [0.3, 0.4) is 0 Å². The van der Waals surface area contributed by atoms with Gasteiger partial charge >= 0.3 is 0 Å². The Bertz CT molecular complexity index is 1760. The molecule has 8 nitrogen and oxygen atoms in total. The van der Waals surface area contributed by atoms with Gasteiger partial charge in [0, 0.05) is 47.5 Å². The molecule has 0 saturated heterocycles. The molecular formula is C35H31N5O3S2. The van der Waals surface area contributed by atoms with E-state index in [1.54, 1.807) is 48.7 Å². The Morgan fingerprint density at radius 1 is 0.822 bits per heavy atom. The number of carbonyl (C=O) groups excluding carboxylic acids is 3. The molecule has 0 aliphatic carbocycles. The van der Waals surface area contributed by atoms with E-state index in [2.05, 4.69) is 20.9 Å². The largest absolute Gasteiger partial charge is 0.378 e. The van der Waals surface area contributed by atoms with Crippen LogP contribution >= 0.6 is 23.1 Å². The van der Waals surface area contributed by atoms with Crippen LogP contribution in [0.15, 0.2) is 131 Å². The van der Waals surface area contributed by atoms with Crippen LogP contribution in [0.25, 0.3) is 6.08 Å². The van der Waals surface area contributed by atoms with Gasteiger partial charge in [-0.15, -0.1) is 23.1 Å². The third kappa shape index (κ3) is 8.69. The molecule has 0 bridgehead atoms. The molecular weight excluding hydrogens is 603 g/mol. The molecule has 5 aromatic rings. The minimum absolute atomic E-state index is 0.0999. The van der Waals surface area contributed by atoms with Gasteiger partial charge in [0.25, 0.3) is 11.8 Å². The van der Waals surface area contributed by atoms with Crippen LogP contribution in [0.1, 0.15) is 26.7 Å². The molecule has 1 heterocycles. The van der Waals surface area contributed by atoms with Crippen LogP contribution in [0.4, 0.5) is 16.5 Å². The van der Waals surface area contributed by atoms with Crippen molar-refractivity contribution in [2.45, 2.75) is 10.1 Å². The molecule has 0 radical (unpaired) electrons. The first-order valence-electron chi connectivity index (χ1n) is 14.0. The molecule has 5 rings (SSSR count). The SMILES string of the molecule is CN(C)c1ccc(/C=C(\NC(=O)c2ccccc2)C(=O)Nc2ccc(SC(C(=O)Nc3nccs3)c3ccccc3)cc2)cc1. The van der Waals surface area contributed by atoms with Gasteiger partial charge in [0.2, 0.25) is 5.91 Å². The molecule has 226 valence electrons. The number of nitrogens with one attached hydrogen (secondary N) is 3. The Balaban J connectivity index is 1.33. The Morgan fingerprint density at radius 3 is 2.11 bits per heavy atom. The van der Waals surface area contributed by atoms with Crippen molar-refractivity contribution in [1.82, 2.24) is 10.3 Å². The Hall–Kier alpha value is -5.19. The first kappa shape index (κ1) is 31.2. The van der Waals surface area contributed by atoms with E-state index < -0.39 is 17.1 Å². The predicted octanol–water partition coefficient (Wildman–Crippen LogP) is 7.09. The lowest BCUT2D eigenvalue weighted by atomic mass is 10.1. The van der Waals surface area contributed by atoms with Gasteiger partial charge < -0.3 is 20.9 Å². The number of thioether (sulfide) groups is 1. The van der Waals surface area contributed by atoms with Crippen LogP contribution in [0, 0.1) is 0 Å². The van der Waals surface area contributed by atoms with E-state index in [9.17, 15) is 14.4 Å². The number of hydrogen-bond donors (Lipinski definition) is 3. The highest BCUT2D eigenvalue weighted by molar-refractivity contribution is 8.00. The topological polar surface area (TPSA) is 103 Å². The first-order chi connectivity index (χ1) is 21.9. The van der Waals surface area contributed by atoms with Crippen LogP contribution in [-0.4, -0.2) is 36.8 Å². The van der Waals surface area contributed by atoms with Gasteiger partial charge in [-0.3, -0.25) is 14.4 Å². The fourth-order valence-corrected chi connectivity index (χ4v) is 5.84. The molecule has 0 spiro atoms. The summed E-state index contributed by atoms with van der Waals surface area (Å²) in [7, 11) is 3.90. The quantitative estimate of drug-likeness (QED) is 0.106. The summed E-state index contributed by atoms with van der Waals surface area (Å²) in [6.07, 6.45) is 3.29. The average molecular weight is 634 g/mol. The molecule has 1 aromatic heterocycles. The second-order valence-electron chi connectivity index (χ2n) is 10.1. The van der Waals surface area contributed by atoms with Gasteiger partial charge in [-0.2, -0.15) is 0 Å². The van der Waals surface area contributed by atoms with E-state index in [4.69, 9.17) is 0 Å². The summed E-state index contributed by atoms with van der Waals surface area (Å²) in [5.74, 6) is -1.04. The van der Waals surface area contributed by atoms with Crippen LogP contribution in [-0.2, 0) is 9.59 Å². The van der Waals surface area contributed by atoms with Gasteiger partial charge in [-0.25, -0.2) is 4.98 Å². The van der Waals surface area contributed by atoms with Crippen LogP contribution < -0.4 is 20.9 Å². The number of rotatable bonds is 11. The minimum atomic E-state index is -0.517. The molecule has 0 aliphatic heterocycles. The maximum absolute atomic E-state index is 13.5. The Kier molecular flexibility index (Phi) is 10.4. The van der Waals surface area contributed by atoms with Gasteiger partial charge in [-0.1, -0.05) is 60.7 Å². The molecule has 4 aromatic carbocycles. The third-order valence-electron chi connectivity index (χ3n) is 6.62. The number of aromatic nitrogens is 1. The van der Waals surface area contributed by atoms with Gasteiger partial charge in [0.1, 0.15) is 10.9 Å². The minimum Gasteiger partial charge on any atom is -0.378 e. The fourth-order valence-electron chi connectivity index (χ4n) is 4.29. The number of benzene rings is 4. The highest BCUT2D eigenvalue weighted by Gasteiger charge is 2.23. The number of carbonyl (C=O) groups is 3. The summed E-state index contributed by atoms with van der Waals surface area (Å²) < 4.78 is 0. The van der Waals surface area contributed by atoms with E-state index in [0.717, 1.165) is 21.7 Å². The number of hydrogen-bond acceptors (Lipinski definition) is 7. The molecule has 1 atom stereocenters. The third-order valence-corrected chi connectivity index (χ3v) is 8.57. The van der Waals surface area contributed by atoms with E-state index >= 15 is 0 Å². The van der Waals surface area contributed by atoms with Crippen molar-refractivity contribution in [3.05, 3.63) is 143 Å². The molecule has 0 fully saturated rings. The van der Waals surface area contributed by atoms with Gasteiger partial charge in [-0.05, 0) is 65.7 Å². The molecule has 0 aliphatic rings. The zero-order chi connectivity index (χ0) is 31.6. The standard InChI is InChI=1S/C35H31N5O3S2/c1-40(2)28-17-13-24(14-18-28)23-30(38-32(41)26-11-7-4-8-12-26)33(42)37-27-15-19-29(20-16-27)45-31(25-9-5-3-6-10-25)34(43)39-35-36-21-22-44-35/h3-23,31H,1-2H3,(H,37,42)(H,38,41)(H,36,39,43)/b30-23-. The lowest BCUT2D eigenvalue weighted by Crippen LogP contribution is -2.30. The zero-order valence-corrected chi connectivity index (χ0v) is 26.3. The molecule has 1 unspecified atom stereocenters. The van der Waals surface area contributed by atoms with Gasteiger partial charge in [0.15, 0.2) is 5.13 Å². The van der Waals surface area contributed by atoms with Crippen LogP contribution in [0.2, 0.25) is 0 Å². The Morgan fingerprint density at radius 2 is 1.49 bits per heavy atom. The number of nitrogens with zero attached hydrogens (tertiary/aromatic N) is 2. The van der Waals surface area contributed by atoms with Crippen molar-refractivity contribution >= 4 is 63.4 Å². The monoisotopic (exact) mass is 633 g/mol. The first-order valence-corrected chi connectivity index (χ1v) is 15.8. The van der Waals surface area contributed by atoms with Crippen molar-refractivity contribution in [1.29, 1.82) is 0 Å². The van der Waals surface area contributed by atoms with Crippen molar-refractivity contribution in [2.75, 3.05) is 29.6 Å². The molecule has 3 N–H and O–H groups in total. The average Bonchev–Trinajstić information content (AvgIpc) is 3.58. The summed E-state index contributed by atoms with van der Waals surface area (Å²) in [6, 6.07) is 33.2.